The Balaban J connectivity index is 1.39. The predicted molar refractivity (Wildman–Crippen MR) is 158 cm³/mol. The molecular formula is C34H47FN2O. The Morgan fingerprint density at radius 3 is 1.82 bits per heavy atom. The molecule has 0 radical (unpaired) electrons. The average molecular weight is 519 g/mol. The zero-order chi connectivity index (χ0) is 26.8. The molecule has 1 unspecified atom stereocenters. The second kappa shape index (κ2) is 17.7. The van der Waals surface area contributed by atoms with E-state index >= 15 is 0 Å². The van der Waals surface area contributed by atoms with Gasteiger partial charge in [0.25, 0.3) is 0 Å². The lowest BCUT2D eigenvalue weighted by Crippen LogP contribution is -2.12. The lowest BCUT2D eigenvalue weighted by Gasteiger charge is -2.11. The highest BCUT2D eigenvalue weighted by atomic mass is 19.1. The molecule has 1 atom stereocenters. The van der Waals surface area contributed by atoms with E-state index in [1.54, 1.807) is 0 Å². The maximum absolute atomic E-state index is 14.2. The Labute approximate surface area is 230 Å². The number of ether oxygens (including phenoxy) is 1. The standard InChI is InChI=1S/C34H47FN2O/c1-3-5-7-9-10-11-12-14-16-32(35)27-38-33-23-21-30(22-24-33)34-36-25-31(26-37-34)29-19-17-28(18-20-29)15-13-8-6-4-2/h17-26,32H,3-16,27H2,1-2H3. The first kappa shape index (κ1) is 29.8. The zero-order valence-corrected chi connectivity index (χ0v) is 23.6. The molecule has 38 heavy (non-hydrogen) atoms. The van der Waals surface area contributed by atoms with E-state index in [1.807, 2.05) is 36.7 Å². The summed E-state index contributed by atoms with van der Waals surface area (Å²) in [7, 11) is 0. The molecule has 1 aromatic heterocycles. The van der Waals surface area contributed by atoms with Crippen LogP contribution in [0.15, 0.2) is 60.9 Å². The molecule has 3 rings (SSSR count). The first-order valence-corrected chi connectivity index (χ1v) is 15.0. The highest BCUT2D eigenvalue weighted by Crippen LogP contribution is 2.23. The molecular weight excluding hydrogens is 471 g/mol. The molecule has 3 aromatic rings. The number of alkyl halides is 1. The van der Waals surface area contributed by atoms with E-state index in [1.165, 1.54) is 69.8 Å². The van der Waals surface area contributed by atoms with Gasteiger partial charge in [0, 0.05) is 23.5 Å². The first-order chi connectivity index (χ1) is 18.7. The van der Waals surface area contributed by atoms with Crippen LogP contribution in [-0.2, 0) is 6.42 Å². The minimum absolute atomic E-state index is 0.110. The number of nitrogens with zero attached hydrogens (tertiary/aromatic N) is 2. The number of hydrogen-bond donors (Lipinski definition) is 0. The minimum atomic E-state index is -0.916. The molecule has 1 heterocycles. The summed E-state index contributed by atoms with van der Waals surface area (Å²) in [5.74, 6) is 1.35. The van der Waals surface area contributed by atoms with E-state index in [0.29, 0.717) is 18.0 Å². The van der Waals surface area contributed by atoms with Gasteiger partial charge in [-0.2, -0.15) is 0 Å². The molecule has 0 amide bonds. The van der Waals surface area contributed by atoms with Crippen LogP contribution in [0.25, 0.3) is 22.5 Å². The van der Waals surface area contributed by atoms with Gasteiger partial charge in [0.2, 0.25) is 0 Å². The van der Waals surface area contributed by atoms with Crippen molar-refractivity contribution >= 4 is 0 Å². The molecule has 0 saturated carbocycles. The van der Waals surface area contributed by atoms with Crippen molar-refractivity contribution in [2.75, 3.05) is 6.61 Å². The molecule has 3 nitrogen and oxygen atoms in total. The molecule has 0 aliphatic carbocycles. The quantitative estimate of drug-likeness (QED) is 0.148. The fourth-order valence-electron chi connectivity index (χ4n) is 4.72. The number of unbranched alkanes of at least 4 members (excludes halogenated alkanes) is 10. The lowest BCUT2D eigenvalue weighted by molar-refractivity contribution is 0.184. The SMILES string of the molecule is CCCCCCCCCCC(F)COc1ccc(-c2ncc(-c3ccc(CCCCCC)cc3)cn2)cc1. The van der Waals surface area contributed by atoms with E-state index in [-0.39, 0.29) is 6.61 Å². The van der Waals surface area contributed by atoms with Crippen LogP contribution in [-0.4, -0.2) is 22.7 Å². The van der Waals surface area contributed by atoms with Crippen molar-refractivity contribution in [1.29, 1.82) is 0 Å². The van der Waals surface area contributed by atoms with Gasteiger partial charge in [0.15, 0.2) is 5.82 Å². The summed E-state index contributed by atoms with van der Waals surface area (Å²) in [4.78, 5) is 9.16. The fourth-order valence-corrected chi connectivity index (χ4v) is 4.72. The maximum atomic E-state index is 14.2. The lowest BCUT2D eigenvalue weighted by atomic mass is 10.0. The van der Waals surface area contributed by atoms with Crippen LogP contribution in [0, 0.1) is 0 Å². The van der Waals surface area contributed by atoms with Crippen LogP contribution in [0.1, 0.15) is 103 Å². The topological polar surface area (TPSA) is 35.0 Å². The van der Waals surface area contributed by atoms with E-state index in [0.717, 1.165) is 36.0 Å². The number of benzene rings is 2. The van der Waals surface area contributed by atoms with E-state index in [9.17, 15) is 4.39 Å². The third kappa shape index (κ3) is 10.9. The third-order valence-electron chi connectivity index (χ3n) is 7.17. The maximum Gasteiger partial charge on any atom is 0.159 e. The van der Waals surface area contributed by atoms with Gasteiger partial charge >= 0.3 is 0 Å². The largest absolute Gasteiger partial charge is 0.491 e. The highest BCUT2D eigenvalue weighted by molar-refractivity contribution is 5.64. The third-order valence-corrected chi connectivity index (χ3v) is 7.17. The molecule has 0 bridgehead atoms. The number of aryl methyl sites for hydroxylation is 1. The molecule has 0 saturated heterocycles. The van der Waals surface area contributed by atoms with E-state index in [4.69, 9.17) is 4.74 Å². The van der Waals surface area contributed by atoms with Gasteiger partial charge in [-0.25, -0.2) is 14.4 Å². The Morgan fingerprint density at radius 2 is 1.18 bits per heavy atom. The molecule has 2 aromatic carbocycles. The Kier molecular flexibility index (Phi) is 13.9. The molecule has 0 spiro atoms. The first-order valence-electron chi connectivity index (χ1n) is 15.0. The minimum Gasteiger partial charge on any atom is -0.491 e. The van der Waals surface area contributed by atoms with Crippen LogP contribution >= 0.6 is 0 Å². The van der Waals surface area contributed by atoms with Crippen LogP contribution < -0.4 is 4.74 Å². The Bertz CT molecular complexity index is 1000. The average Bonchev–Trinajstić information content (AvgIpc) is 2.96. The fraction of sp³-hybridized carbons (Fsp3) is 0.529. The summed E-state index contributed by atoms with van der Waals surface area (Å²) in [6, 6.07) is 16.4. The van der Waals surface area contributed by atoms with Gasteiger partial charge in [-0.3, -0.25) is 0 Å². The van der Waals surface area contributed by atoms with Gasteiger partial charge in [-0.05, 0) is 54.7 Å². The molecule has 0 fully saturated rings. The van der Waals surface area contributed by atoms with Crippen molar-refractivity contribution in [2.45, 2.75) is 110 Å². The van der Waals surface area contributed by atoms with Crippen molar-refractivity contribution in [3.8, 4) is 28.3 Å². The summed E-state index contributed by atoms with van der Waals surface area (Å²) in [5.41, 5.74) is 4.45. The van der Waals surface area contributed by atoms with Crippen LogP contribution in [0.4, 0.5) is 4.39 Å². The summed E-state index contributed by atoms with van der Waals surface area (Å²) in [6.45, 7) is 4.59. The van der Waals surface area contributed by atoms with Crippen molar-refractivity contribution in [2.24, 2.45) is 0 Å². The summed E-state index contributed by atoms with van der Waals surface area (Å²) in [5, 5.41) is 0. The molecule has 0 aliphatic rings. The predicted octanol–water partition coefficient (Wildman–Crippen LogP) is 10.2. The normalized spacial score (nSPS) is 12.0. The van der Waals surface area contributed by atoms with Crippen molar-refractivity contribution in [1.82, 2.24) is 9.97 Å². The molecule has 0 N–H and O–H groups in total. The smallest absolute Gasteiger partial charge is 0.159 e. The summed E-state index contributed by atoms with van der Waals surface area (Å²) in [6.07, 6.45) is 19.5. The molecule has 4 heteroatoms. The second-order valence-electron chi connectivity index (χ2n) is 10.5. The Hall–Kier alpha value is -2.75. The Morgan fingerprint density at radius 1 is 0.632 bits per heavy atom. The monoisotopic (exact) mass is 518 g/mol. The molecule has 0 aliphatic heterocycles. The van der Waals surface area contributed by atoms with E-state index < -0.39 is 6.17 Å². The highest BCUT2D eigenvalue weighted by Gasteiger charge is 2.09. The van der Waals surface area contributed by atoms with Crippen molar-refractivity contribution < 1.29 is 9.13 Å². The van der Waals surface area contributed by atoms with Crippen molar-refractivity contribution in [3.63, 3.8) is 0 Å². The summed E-state index contributed by atoms with van der Waals surface area (Å²) >= 11 is 0. The number of aromatic nitrogens is 2. The van der Waals surface area contributed by atoms with Crippen LogP contribution in [0.5, 0.6) is 5.75 Å². The molecule has 206 valence electrons. The van der Waals surface area contributed by atoms with E-state index in [2.05, 4.69) is 48.1 Å². The van der Waals surface area contributed by atoms with Crippen molar-refractivity contribution in [3.05, 3.63) is 66.5 Å². The van der Waals surface area contributed by atoms with Gasteiger partial charge in [-0.15, -0.1) is 0 Å². The van der Waals surface area contributed by atoms with Crippen LogP contribution in [0.2, 0.25) is 0 Å². The number of rotatable bonds is 19. The van der Waals surface area contributed by atoms with Gasteiger partial charge in [-0.1, -0.05) is 109 Å². The van der Waals surface area contributed by atoms with Gasteiger partial charge in [0.1, 0.15) is 18.5 Å². The zero-order valence-electron chi connectivity index (χ0n) is 23.6. The number of hydrogen-bond acceptors (Lipinski definition) is 3. The summed E-state index contributed by atoms with van der Waals surface area (Å²) < 4.78 is 19.9. The van der Waals surface area contributed by atoms with Crippen LogP contribution in [0.3, 0.4) is 0 Å². The second-order valence-corrected chi connectivity index (χ2v) is 10.5. The number of halogens is 1. The van der Waals surface area contributed by atoms with Gasteiger partial charge < -0.3 is 4.74 Å². The van der Waals surface area contributed by atoms with Gasteiger partial charge in [0.05, 0.1) is 0 Å².